The maximum Gasteiger partial charge on any atom is 0.159 e. The summed E-state index contributed by atoms with van der Waals surface area (Å²) in [5.41, 5.74) is 2.58. The van der Waals surface area contributed by atoms with Crippen molar-refractivity contribution in [2.24, 2.45) is 5.92 Å². The van der Waals surface area contributed by atoms with Gasteiger partial charge < -0.3 is 15.7 Å². The van der Waals surface area contributed by atoms with E-state index in [0.29, 0.717) is 22.8 Å². The van der Waals surface area contributed by atoms with Crippen LogP contribution in [0.2, 0.25) is 5.02 Å². The quantitative estimate of drug-likeness (QED) is 0.563. The molecule has 1 aromatic carbocycles. The molecule has 1 fully saturated rings. The monoisotopic (exact) mass is 425 g/mol. The van der Waals surface area contributed by atoms with E-state index in [1.165, 1.54) is 12.8 Å². The maximum atomic E-state index is 10.1. The van der Waals surface area contributed by atoms with Gasteiger partial charge in [0, 0.05) is 35.6 Å². The molecular formula is C23H28ClN5O. The van der Waals surface area contributed by atoms with E-state index in [0.717, 1.165) is 40.8 Å². The van der Waals surface area contributed by atoms with Crippen LogP contribution < -0.4 is 10.6 Å². The highest BCUT2D eigenvalue weighted by molar-refractivity contribution is 6.34. The standard InChI is InChI=1S/C23H28ClN5O/c1-14(16-5-4-8-25-10-16)29-21-18-9-15(6-7-20(18)26-13-19(21)24)17-11-27-22(28-12-17)23(2,3)30/h6-7,9,11-14,16,25,30H,4-5,8,10H2,1-3H3,(H,26,29)/t14-,16-/m0/s1. The van der Waals surface area contributed by atoms with Gasteiger partial charge in [-0.25, -0.2) is 9.97 Å². The third kappa shape index (κ3) is 4.41. The van der Waals surface area contributed by atoms with Crippen LogP contribution in [0.5, 0.6) is 0 Å². The summed E-state index contributed by atoms with van der Waals surface area (Å²) >= 11 is 6.56. The van der Waals surface area contributed by atoms with Gasteiger partial charge in [0.05, 0.1) is 16.2 Å². The lowest BCUT2D eigenvalue weighted by Crippen LogP contribution is -2.38. The number of piperidine rings is 1. The van der Waals surface area contributed by atoms with Crippen molar-refractivity contribution in [1.82, 2.24) is 20.3 Å². The minimum Gasteiger partial charge on any atom is -0.382 e. The average Bonchev–Trinajstić information content (AvgIpc) is 2.75. The van der Waals surface area contributed by atoms with Gasteiger partial charge in [-0.15, -0.1) is 0 Å². The molecule has 1 saturated heterocycles. The van der Waals surface area contributed by atoms with E-state index < -0.39 is 5.60 Å². The zero-order chi connectivity index (χ0) is 21.3. The predicted octanol–water partition coefficient (Wildman–Crippen LogP) is 4.37. The second-order valence-corrected chi connectivity index (χ2v) is 9.01. The molecule has 0 bridgehead atoms. The normalized spacial score (nSPS) is 18.4. The third-order valence-electron chi connectivity index (χ3n) is 5.77. The number of pyridine rings is 1. The summed E-state index contributed by atoms with van der Waals surface area (Å²) in [6.07, 6.45) is 7.59. The highest BCUT2D eigenvalue weighted by atomic mass is 35.5. The van der Waals surface area contributed by atoms with E-state index in [9.17, 15) is 5.11 Å². The smallest absolute Gasteiger partial charge is 0.159 e. The first-order valence-corrected chi connectivity index (χ1v) is 10.8. The topological polar surface area (TPSA) is 83.0 Å². The number of benzene rings is 1. The number of nitrogens with zero attached hydrogens (tertiary/aromatic N) is 3. The van der Waals surface area contributed by atoms with Gasteiger partial charge in [-0.3, -0.25) is 4.98 Å². The van der Waals surface area contributed by atoms with Crippen molar-refractivity contribution in [3.05, 3.63) is 47.6 Å². The van der Waals surface area contributed by atoms with Gasteiger partial charge in [-0.05, 0) is 70.3 Å². The van der Waals surface area contributed by atoms with Crippen LogP contribution in [0, 0.1) is 5.92 Å². The van der Waals surface area contributed by atoms with Crippen LogP contribution >= 0.6 is 11.6 Å². The minimum atomic E-state index is -1.07. The highest BCUT2D eigenvalue weighted by Gasteiger charge is 2.22. The van der Waals surface area contributed by atoms with Crippen molar-refractivity contribution in [1.29, 1.82) is 0 Å². The molecule has 2 atom stereocenters. The Labute approximate surface area is 182 Å². The van der Waals surface area contributed by atoms with Crippen LogP contribution in [0.15, 0.2) is 36.8 Å². The summed E-state index contributed by atoms with van der Waals surface area (Å²) in [7, 11) is 0. The second-order valence-electron chi connectivity index (χ2n) is 8.61. The molecule has 2 aromatic heterocycles. The molecule has 3 aromatic rings. The molecule has 0 aliphatic carbocycles. The Balaban J connectivity index is 1.68. The molecule has 0 spiro atoms. The van der Waals surface area contributed by atoms with E-state index >= 15 is 0 Å². The Morgan fingerprint density at radius 3 is 2.60 bits per heavy atom. The van der Waals surface area contributed by atoms with Gasteiger partial charge in [-0.2, -0.15) is 0 Å². The molecule has 4 rings (SSSR count). The molecule has 7 heteroatoms. The lowest BCUT2D eigenvalue weighted by molar-refractivity contribution is 0.0687. The van der Waals surface area contributed by atoms with Gasteiger partial charge in [0.1, 0.15) is 5.60 Å². The molecule has 30 heavy (non-hydrogen) atoms. The van der Waals surface area contributed by atoms with Crippen molar-refractivity contribution in [3.8, 4) is 11.1 Å². The van der Waals surface area contributed by atoms with Crippen LogP contribution in [0.1, 0.15) is 39.4 Å². The van der Waals surface area contributed by atoms with E-state index in [1.54, 1.807) is 32.4 Å². The van der Waals surface area contributed by atoms with Gasteiger partial charge in [-0.1, -0.05) is 17.7 Å². The first-order valence-electron chi connectivity index (χ1n) is 10.4. The number of fused-ring (bicyclic) bond motifs is 1. The van der Waals surface area contributed by atoms with E-state index in [-0.39, 0.29) is 0 Å². The lowest BCUT2D eigenvalue weighted by Gasteiger charge is -2.30. The highest BCUT2D eigenvalue weighted by Crippen LogP contribution is 2.34. The van der Waals surface area contributed by atoms with Crippen LogP contribution in [0.3, 0.4) is 0 Å². The summed E-state index contributed by atoms with van der Waals surface area (Å²) in [5, 5.41) is 18.8. The Morgan fingerprint density at radius 1 is 1.17 bits per heavy atom. The molecular weight excluding hydrogens is 398 g/mol. The molecule has 0 radical (unpaired) electrons. The first kappa shape index (κ1) is 21.0. The molecule has 1 aliphatic rings. The van der Waals surface area contributed by atoms with Crippen LogP contribution in [0.25, 0.3) is 22.0 Å². The summed E-state index contributed by atoms with van der Waals surface area (Å²) in [4.78, 5) is 13.2. The fraction of sp³-hybridized carbons (Fsp3) is 0.435. The number of aliphatic hydroxyl groups is 1. The van der Waals surface area contributed by atoms with Crippen molar-refractivity contribution < 1.29 is 5.11 Å². The van der Waals surface area contributed by atoms with E-state index in [2.05, 4.69) is 38.6 Å². The molecule has 1 aliphatic heterocycles. The third-order valence-corrected chi connectivity index (χ3v) is 6.05. The van der Waals surface area contributed by atoms with Crippen molar-refractivity contribution in [3.63, 3.8) is 0 Å². The molecule has 6 nitrogen and oxygen atoms in total. The fourth-order valence-electron chi connectivity index (χ4n) is 3.94. The first-order chi connectivity index (χ1) is 14.3. The average molecular weight is 426 g/mol. The van der Waals surface area contributed by atoms with Crippen LogP contribution in [-0.4, -0.2) is 39.2 Å². The Bertz CT molecular complexity index is 1030. The van der Waals surface area contributed by atoms with E-state index in [4.69, 9.17) is 11.6 Å². The second kappa shape index (κ2) is 8.46. The van der Waals surface area contributed by atoms with Crippen molar-refractivity contribution >= 4 is 28.2 Å². The molecule has 3 heterocycles. The number of anilines is 1. The Kier molecular flexibility index (Phi) is 5.91. The molecule has 0 saturated carbocycles. The number of hydrogen-bond acceptors (Lipinski definition) is 6. The number of aromatic nitrogens is 3. The molecule has 158 valence electrons. The molecule has 0 unspecified atom stereocenters. The summed E-state index contributed by atoms with van der Waals surface area (Å²) < 4.78 is 0. The maximum absolute atomic E-state index is 10.1. The molecule has 3 N–H and O–H groups in total. The van der Waals surface area contributed by atoms with Crippen molar-refractivity contribution in [2.45, 2.75) is 45.3 Å². The largest absolute Gasteiger partial charge is 0.382 e. The van der Waals surface area contributed by atoms with Crippen LogP contribution in [-0.2, 0) is 5.60 Å². The zero-order valence-electron chi connectivity index (χ0n) is 17.6. The molecule has 0 amide bonds. The zero-order valence-corrected chi connectivity index (χ0v) is 18.4. The van der Waals surface area contributed by atoms with Gasteiger partial charge in [0.25, 0.3) is 0 Å². The summed E-state index contributed by atoms with van der Waals surface area (Å²) in [6, 6.07) is 6.36. The number of halogens is 1. The SMILES string of the molecule is C[C@H](Nc1c(Cl)cnc2ccc(-c3cnc(C(C)(C)O)nc3)cc12)[C@H]1CCCNC1. The fourth-order valence-corrected chi connectivity index (χ4v) is 4.14. The van der Waals surface area contributed by atoms with Crippen molar-refractivity contribution in [2.75, 3.05) is 18.4 Å². The number of hydrogen-bond donors (Lipinski definition) is 3. The Hall–Kier alpha value is -2.28. The van der Waals surface area contributed by atoms with Gasteiger partial charge in [0.15, 0.2) is 5.82 Å². The van der Waals surface area contributed by atoms with Gasteiger partial charge >= 0.3 is 0 Å². The van der Waals surface area contributed by atoms with Crippen LogP contribution in [0.4, 0.5) is 5.69 Å². The summed E-state index contributed by atoms with van der Waals surface area (Å²) in [6.45, 7) is 7.68. The minimum absolute atomic E-state index is 0.291. The number of nitrogens with one attached hydrogen (secondary N) is 2. The summed E-state index contributed by atoms with van der Waals surface area (Å²) in [5.74, 6) is 0.956. The number of rotatable bonds is 5. The predicted molar refractivity (Wildman–Crippen MR) is 122 cm³/mol. The Morgan fingerprint density at radius 2 is 1.93 bits per heavy atom. The van der Waals surface area contributed by atoms with E-state index in [1.807, 2.05) is 12.1 Å². The van der Waals surface area contributed by atoms with Gasteiger partial charge in [0.2, 0.25) is 0 Å². The lowest BCUT2D eigenvalue weighted by atomic mass is 9.92.